The van der Waals surface area contributed by atoms with Gasteiger partial charge in [0.15, 0.2) is 5.78 Å². The molecule has 8 nitrogen and oxygen atoms in total. The van der Waals surface area contributed by atoms with Gasteiger partial charge < -0.3 is 10.5 Å². The Morgan fingerprint density at radius 3 is 2.59 bits per heavy atom. The normalized spacial score (nSPS) is 18.5. The van der Waals surface area contributed by atoms with Crippen molar-refractivity contribution in [3.05, 3.63) is 91.9 Å². The number of anilines is 1. The van der Waals surface area contributed by atoms with Gasteiger partial charge in [0.1, 0.15) is 5.82 Å². The number of halogens is 1. The van der Waals surface area contributed by atoms with Crippen molar-refractivity contribution in [2.45, 2.75) is 25.2 Å². The minimum absolute atomic E-state index is 0.0666. The van der Waals surface area contributed by atoms with Crippen molar-refractivity contribution >= 4 is 34.7 Å². The first kappa shape index (κ1) is 21.6. The summed E-state index contributed by atoms with van der Waals surface area (Å²) in [5.41, 5.74) is 8.62. The van der Waals surface area contributed by atoms with Gasteiger partial charge in [-0.2, -0.15) is 0 Å². The highest BCUT2D eigenvalue weighted by Gasteiger charge is 2.43. The van der Waals surface area contributed by atoms with Crippen LogP contribution >= 0.6 is 11.6 Å². The average Bonchev–Trinajstić information content (AvgIpc) is 2.79. The minimum atomic E-state index is -0.867. The van der Waals surface area contributed by atoms with Crippen LogP contribution in [-0.2, 0) is 14.3 Å². The van der Waals surface area contributed by atoms with Crippen molar-refractivity contribution in [2.75, 3.05) is 12.0 Å². The van der Waals surface area contributed by atoms with Crippen LogP contribution in [0.4, 0.5) is 11.4 Å². The lowest BCUT2D eigenvalue weighted by Crippen LogP contribution is -2.40. The van der Waals surface area contributed by atoms with E-state index in [0.717, 1.165) is 0 Å². The maximum absolute atomic E-state index is 13.2. The van der Waals surface area contributed by atoms with Gasteiger partial charge in [0.25, 0.3) is 5.69 Å². The number of nitrogens with zero attached hydrogens (tertiary/aromatic N) is 2. The molecule has 2 aromatic rings. The number of Topliss-reactive ketones (excluding diaryl/α,β-unsaturated/α-hetero) is 1. The third-order valence-electron chi connectivity index (χ3n) is 5.70. The maximum atomic E-state index is 13.2. The fourth-order valence-electron chi connectivity index (χ4n) is 4.33. The van der Waals surface area contributed by atoms with E-state index in [1.54, 1.807) is 35.2 Å². The van der Waals surface area contributed by atoms with Crippen molar-refractivity contribution in [1.29, 1.82) is 0 Å². The average molecular weight is 454 g/mol. The van der Waals surface area contributed by atoms with E-state index < -0.39 is 16.8 Å². The van der Waals surface area contributed by atoms with Gasteiger partial charge in [-0.15, -0.1) is 0 Å². The van der Waals surface area contributed by atoms with E-state index in [0.29, 0.717) is 46.8 Å². The summed E-state index contributed by atoms with van der Waals surface area (Å²) < 4.78 is 5.02. The maximum Gasteiger partial charge on any atom is 0.338 e. The van der Waals surface area contributed by atoms with Crippen LogP contribution in [0.3, 0.4) is 0 Å². The molecule has 32 heavy (non-hydrogen) atoms. The minimum Gasteiger partial charge on any atom is -0.466 e. The van der Waals surface area contributed by atoms with Gasteiger partial charge in [0, 0.05) is 40.5 Å². The second-order valence-electron chi connectivity index (χ2n) is 7.52. The molecule has 1 atom stereocenters. The molecule has 0 saturated heterocycles. The molecule has 0 saturated carbocycles. The zero-order valence-electron chi connectivity index (χ0n) is 17.2. The lowest BCUT2D eigenvalue weighted by Gasteiger charge is -2.40. The van der Waals surface area contributed by atoms with E-state index in [2.05, 4.69) is 0 Å². The van der Waals surface area contributed by atoms with Crippen molar-refractivity contribution in [2.24, 2.45) is 5.73 Å². The molecule has 0 spiro atoms. The smallest absolute Gasteiger partial charge is 0.338 e. The second-order valence-corrected chi connectivity index (χ2v) is 7.96. The Labute approximate surface area is 189 Å². The quantitative estimate of drug-likeness (QED) is 0.419. The molecule has 1 aliphatic heterocycles. The molecule has 0 aromatic heterocycles. The molecule has 4 rings (SSSR count). The number of rotatable bonds is 4. The standard InChI is InChI=1S/C23H20ClN3O5/c1-32-23(29)21-19(13-4-2-5-16(12-13)27(30)31)20-17(6-3-7-18(20)28)26(22(21)25)15-10-8-14(24)9-11-15/h2,4-5,8-12,19H,3,6-7,25H2,1H3. The van der Waals surface area contributed by atoms with Crippen LogP contribution in [-0.4, -0.2) is 23.8 Å². The van der Waals surface area contributed by atoms with E-state index in [1.165, 1.54) is 25.3 Å². The number of nitro benzene ring substituents is 1. The van der Waals surface area contributed by atoms with Crippen LogP contribution < -0.4 is 10.6 Å². The molecule has 2 aromatic carbocycles. The topological polar surface area (TPSA) is 116 Å². The highest BCUT2D eigenvalue weighted by atomic mass is 35.5. The van der Waals surface area contributed by atoms with Crippen LogP contribution in [0.5, 0.6) is 0 Å². The number of hydrogen-bond acceptors (Lipinski definition) is 7. The van der Waals surface area contributed by atoms with Crippen molar-refractivity contribution < 1.29 is 19.2 Å². The number of ether oxygens (including phenoxy) is 1. The largest absolute Gasteiger partial charge is 0.466 e. The molecule has 2 N–H and O–H groups in total. The van der Waals surface area contributed by atoms with E-state index in [-0.39, 0.29) is 22.9 Å². The first-order chi connectivity index (χ1) is 15.3. The van der Waals surface area contributed by atoms with E-state index in [1.807, 2.05) is 0 Å². The van der Waals surface area contributed by atoms with Crippen LogP contribution in [0.1, 0.15) is 30.7 Å². The Morgan fingerprint density at radius 2 is 1.94 bits per heavy atom. The Morgan fingerprint density at radius 1 is 1.22 bits per heavy atom. The number of esters is 1. The molecule has 2 aliphatic rings. The number of benzene rings is 2. The first-order valence-corrected chi connectivity index (χ1v) is 10.4. The monoisotopic (exact) mass is 453 g/mol. The Hall–Kier alpha value is -3.65. The van der Waals surface area contributed by atoms with E-state index in [9.17, 15) is 19.7 Å². The van der Waals surface area contributed by atoms with Gasteiger partial charge in [-0.25, -0.2) is 4.79 Å². The molecule has 0 amide bonds. The SMILES string of the molecule is COC(=O)C1=C(N)N(c2ccc(Cl)cc2)C2=C(C(=O)CCC2)C1c1cccc([N+](=O)[O-])c1. The molecular weight excluding hydrogens is 434 g/mol. The Kier molecular flexibility index (Phi) is 5.71. The van der Waals surface area contributed by atoms with Gasteiger partial charge in [0.05, 0.1) is 23.5 Å². The lowest BCUT2D eigenvalue weighted by atomic mass is 9.75. The fourth-order valence-corrected chi connectivity index (χ4v) is 4.46. The zero-order valence-corrected chi connectivity index (χ0v) is 18.0. The van der Waals surface area contributed by atoms with Crippen LogP contribution in [0.25, 0.3) is 0 Å². The predicted molar refractivity (Wildman–Crippen MR) is 119 cm³/mol. The molecule has 164 valence electrons. The summed E-state index contributed by atoms with van der Waals surface area (Å²) in [7, 11) is 1.23. The number of nitro groups is 1. The van der Waals surface area contributed by atoms with E-state index in [4.69, 9.17) is 22.1 Å². The number of methoxy groups -OCH3 is 1. The summed E-state index contributed by atoms with van der Waals surface area (Å²) in [6.07, 6.45) is 1.50. The summed E-state index contributed by atoms with van der Waals surface area (Å²) in [6, 6.07) is 12.8. The number of allylic oxidation sites excluding steroid dienone is 2. The number of non-ortho nitro benzene ring substituents is 1. The van der Waals surface area contributed by atoms with Gasteiger partial charge >= 0.3 is 5.97 Å². The molecule has 1 unspecified atom stereocenters. The summed E-state index contributed by atoms with van der Waals surface area (Å²) in [5.74, 6) is -1.59. The van der Waals surface area contributed by atoms with Crippen molar-refractivity contribution in [3.8, 4) is 0 Å². The number of carbonyl (C=O) groups excluding carboxylic acids is 2. The molecule has 1 heterocycles. The third kappa shape index (κ3) is 3.62. The molecule has 1 aliphatic carbocycles. The molecule has 0 radical (unpaired) electrons. The third-order valence-corrected chi connectivity index (χ3v) is 5.95. The van der Waals surface area contributed by atoms with Crippen LogP contribution in [0.15, 0.2) is 71.2 Å². The molecule has 0 bridgehead atoms. The molecule has 0 fully saturated rings. The van der Waals surface area contributed by atoms with E-state index >= 15 is 0 Å². The van der Waals surface area contributed by atoms with Crippen LogP contribution in [0, 0.1) is 10.1 Å². The summed E-state index contributed by atoms with van der Waals surface area (Å²) in [4.78, 5) is 38.6. The Balaban J connectivity index is 2.00. The van der Waals surface area contributed by atoms with Crippen molar-refractivity contribution in [3.63, 3.8) is 0 Å². The first-order valence-electron chi connectivity index (χ1n) is 9.97. The van der Waals surface area contributed by atoms with Crippen LogP contribution in [0.2, 0.25) is 5.02 Å². The van der Waals surface area contributed by atoms with Gasteiger partial charge in [-0.3, -0.25) is 19.8 Å². The second kappa shape index (κ2) is 8.47. The lowest BCUT2D eigenvalue weighted by molar-refractivity contribution is -0.384. The predicted octanol–water partition coefficient (Wildman–Crippen LogP) is 4.20. The number of carbonyl (C=O) groups is 2. The highest BCUT2D eigenvalue weighted by molar-refractivity contribution is 6.30. The number of ketones is 1. The van der Waals surface area contributed by atoms with Gasteiger partial charge in [-0.05, 0) is 42.7 Å². The number of nitrogens with two attached hydrogens (primary N) is 1. The summed E-state index contributed by atoms with van der Waals surface area (Å²) in [5, 5.41) is 11.9. The van der Waals surface area contributed by atoms with Gasteiger partial charge in [-0.1, -0.05) is 23.7 Å². The zero-order chi connectivity index (χ0) is 23.0. The fraction of sp³-hybridized carbons (Fsp3) is 0.217. The Bertz CT molecular complexity index is 1190. The summed E-state index contributed by atoms with van der Waals surface area (Å²) >= 11 is 6.04. The van der Waals surface area contributed by atoms with Gasteiger partial charge in [0.2, 0.25) is 0 Å². The summed E-state index contributed by atoms with van der Waals surface area (Å²) in [6.45, 7) is 0. The molecule has 9 heteroatoms. The number of hydrogen-bond donors (Lipinski definition) is 1. The highest BCUT2D eigenvalue weighted by Crippen LogP contribution is 2.47. The molecular formula is C23H20ClN3O5. The van der Waals surface area contributed by atoms with Crippen molar-refractivity contribution in [1.82, 2.24) is 0 Å².